The Hall–Kier alpha value is -4.14. The van der Waals surface area contributed by atoms with Crippen LogP contribution in [0.3, 0.4) is 0 Å². The van der Waals surface area contributed by atoms with Crippen LogP contribution in [-0.2, 0) is 4.79 Å². The molecular weight excluding hydrogens is 534 g/mol. The highest BCUT2D eigenvalue weighted by molar-refractivity contribution is 7.19. The molecule has 4 N–H and O–H groups in total. The van der Waals surface area contributed by atoms with E-state index in [1.165, 1.54) is 17.4 Å². The molecule has 4 aromatic rings. The highest BCUT2D eigenvalue weighted by Crippen LogP contribution is 2.52. The average molecular weight is 558 g/mol. The number of anilines is 3. The van der Waals surface area contributed by atoms with Crippen LogP contribution in [-0.4, -0.2) is 17.5 Å². The molecule has 1 atom stereocenters. The fourth-order valence-corrected chi connectivity index (χ4v) is 6.50. The van der Waals surface area contributed by atoms with Crippen molar-refractivity contribution >= 4 is 56.8 Å². The van der Waals surface area contributed by atoms with Gasteiger partial charge in [0.1, 0.15) is 16.4 Å². The fraction of sp³-hybridized carbons (Fsp3) is 0.167. The molecule has 0 saturated heterocycles. The number of carbonyl (C=O) groups is 3. The summed E-state index contributed by atoms with van der Waals surface area (Å²) in [5, 5.41) is 7.33. The Morgan fingerprint density at radius 2 is 1.90 bits per heavy atom. The third-order valence-electron chi connectivity index (χ3n) is 7.04. The van der Waals surface area contributed by atoms with Gasteiger partial charge in [0.15, 0.2) is 11.6 Å². The number of nitrogens with one attached hydrogen (secondary N) is 2. The van der Waals surface area contributed by atoms with Crippen molar-refractivity contribution in [1.29, 1.82) is 0 Å². The van der Waals surface area contributed by atoms with E-state index in [1.54, 1.807) is 36.4 Å². The van der Waals surface area contributed by atoms with Gasteiger partial charge in [-0.15, -0.1) is 11.3 Å². The second-order valence-corrected chi connectivity index (χ2v) is 11.1. The molecule has 0 spiro atoms. The van der Waals surface area contributed by atoms with Gasteiger partial charge in [-0.2, -0.15) is 0 Å². The number of hydrogen-bond donors (Lipinski definition) is 3. The van der Waals surface area contributed by atoms with Crippen molar-refractivity contribution in [2.24, 2.45) is 0 Å². The molecular formula is C30H24ClN3O4S. The average Bonchev–Trinajstić information content (AvgIpc) is 3.51. The molecule has 0 radical (unpaired) electrons. The molecule has 39 heavy (non-hydrogen) atoms. The van der Waals surface area contributed by atoms with Crippen molar-refractivity contribution in [3.8, 4) is 0 Å². The molecule has 3 heterocycles. The molecule has 0 bridgehead atoms. The van der Waals surface area contributed by atoms with Gasteiger partial charge in [-0.05, 0) is 50.1 Å². The highest BCUT2D eigenvalue weighted by atomic mass is 35.5. The van der Waals surface area contributed by atoms with Gasteiger partial charge in [0.05, 0.1) is 22.3 Å². The van der Waals surface area contributed by atoms with E-state index in [-0.39, 0.29) is 27.7 Å². The largest absolute Gasteiger partial charge is 0.465 e. The van der Waals surface area contributed by atoms with Gasteiger partial charge in [0.2, 0.25) is 0 Å². The van der Waals surface area contributed by atoms with Crippen LogP contribution in [0.25, 0.3) is 0 Å². The number of fused-ring (bicyclic) bond motifs is 1. The maximum atomic E-state index is 13.6. The first-order valence-corrected chi connectivity index (χ1v) is 13.7. The lowest BCUT2D eigenvalue weighted by Crippen LogP contribution is -2.26. The minimum absolute atomic E-state index is 0.0512. The Bertz CT molecular complexity index is 1690. The van der Waals surface area contributed by atoms with Crippen molar-refractivity contribution in [2.75, 3.05) is 16.4 Å². The van der Waals surface area contributed by atoms with Crippen LogP contribution in [0.5, 0.6) is 0 Å². The summed E-state index contributed by atoms with van der Waals surface area (Å²) in [6.07, 6.45) is 1.94. The molecule has 9 heteroatoms. The maximum absolute atomic E-state index is 13.6. The summed E-state index contributed by atoms with van der Waals surface area (Å²) in [6.45, 7) is 1.85. The topological polar surface area (TPSA) is 114 Å². The standard InChI is InChI=1S/C30H24ClN3O4S/c1-15-10-13-22(38-15)24-23-20(8-5-9-21(23)35)34-30-25(24)26(32)28(39-30)29(37)33-19-12-11-17(31)14-18(19)27(36)16-6-3-2-4-7-16/h2-4,6-7,10-14,24,34H,5,8-9,32H2,1H3,(H,33,37)/t24-/m1/s1. The highest BCUT2D eigenvalue weighted by Gasteiger charge is 2.40. The second kappa shape index (κ2) is 9.87. The summed E-state index contributed by atoms with van der Waals surface area (Å²) in [5.74, 6) is 0.161. The molecule has 196 valence electrons. The first-order chi connectivity index (χ1) is 18.8. The van der Waals surface area contributed by atoms with Crippen LogP contribution in [0.15, 0.2) is 76.4 Å². The Labute approximate surface area is 233 Å². The predicted octanol–water partition coefficient (Wildman–Crippen LogP) is 6.93. The van der Waals surface area contributed by atoms with E-state index in [4.69, 9.17) is 21.8 Å². The Morgan fingerprint density at radius 1 is 1.10 bits per heavy atom. The number of thiophene rings is 1. The number of Topliss-reactive ketones (excluding diaryl/α,β-unsaturated/α-hetero) is 1. The molecule has 2 aliphatic rings. The number of amides is 1. The Kier molecular flexibility index (Phi) is 6.37. The van der Waals surface area contributed by atoms with Gasteiger partial charge < -0.3 is 20.8 Å². The van der Waals surface area contributed by atoms with Crippen LogP contribution in [0.4, 0.5) is 16.4 Å². The molecule has 6 rings (SSSR count). The van der Waals surface area contributed by atoms with Crippen LogP contribution >= 0.6 is 22.9 Å². The van der Waals surface area contributed by atoms with E-state index in [9.17, 15) is 14.4 Å². The van der Waals surface area contributed by atoms with E-state index in [2.05, 4.69) is 10.6 Å². The number of hydrogen-bond acceptors (Lipinski definition) is 7. The van der Waals surface area contributed by atoms with Crippen LogP contribution in [0.2, 0.25) is 5.02 Å². The van der Waals surface area contributed by atoms with Crippen LogP contribution < -0.4 is 16.4 Å². The molecule has 1 amide bonds. The van der Waals surface area contributed by atoms with E-state index < -0.39 is 11.8 Å². The number of nitrogen functional groups attached to an aromatic ring is 1. The number of rotatable bonds is 5. The molecule has 2 aromatic heterocycles. The number of benzene rings is 2. The van der Waals surface area contributed by atoms with E-state index in [0.717, 1.165) is 24.3 Å². The van der Waals surface area contributed by atoms with E-state index in [0.29, 0.717) is 44.6 Å². The second-order valence-electron chi connectivity index (χ2n) is 9.60. The normalized spacial score (nSPS) is 16.4. The van der Waals surface area contributed by atoms with Gasteiger partial charge in [-0.25, -0.2) is 0 Å². The van der Waals surface area contributed by atoms with Crippen molar-refractivity contribution in [3.05, 3.63) is 110 Å². The third-order valence-corrected chi connectivity index (χ3v) is 8.41. The molecule has 1 aliphatic carbocycles. The smallest absolute Gasteiger partial charge is 0.267 e. The summed E-state index contributed by atoms with van der Waals surface area (Å²) in [5.41, 5.74) is 10.1. The van der Waals surface area contributed by atoms with Gasteiger partial charge in [-0.1, -0.05) is 41.9 Å². The van der Waals surface area contributed by atoms with Gasteiger partial charge in [0.25, 0.3) is 5.91 Å². The summed E-state index contributed by atoms with van der Waals surface area (Å²) in [6, 6.07) is 17.2. The molecule has 0 saturated carbocycles. The number of halogens is 1. The minimum Gasteiger partial charge on any atom is -0.465 e. The molecule has 0 unspecified atom stereocenters. The molecule has 2 aromatic carbocycles. The van der Waals surface area contributed by atoms with Crippen molar-refractivity contribution < 1.29 is 18.8 Å². The summed E-state index contributed by atoms with van der Waals surface area (Å²) in [4.78, 5) is 40.2. The summed E-state index contributed by atoms with van der Waals surface area (Å²) < 4.78 is 5.98. The quantitative estimate of drug-likeness (QED) is 0.229. The van der Waals surface area contributed by atoms with Crippen LogP contribution in [0.1, 0.15) is 67.9 Å². The number of ketones is 2. The molecule has 0 fully saturated rings. The van der Waals surface area contributed by atoms with Crippen molar-refractivity contribution in [2.45, 2.75) is 32.1 Å². The Morgan fingerprint density at radius 3 is 2.64 bits per heavy atom. The summed E-state index contributed by atoms with van der Waals surface area (Å²) in [7, 11) is 0. The summed E-state index contributed by atoms with van der Waals surface area (Å²) >= 11 is 7.43. The predicted molar refractivity (Wildman–Crippen MR) is 153 cm³/mol. The maximum Gasteiger partial charge on any atom is 0.267 e. The van der Waals surface area contributed by atoms with Crippen molar-refractivity contribution in [1.82, 2.24) is 0 Å². The lowest BCUT2D eigenvalue weighted by atomic mass is 9.78. The Balaban J connectivity index is 1.39. The first kappa shape index (κ1) is 25.2. The first-order valence-electron chi connectivity index (χ1n) is 12.5. The number of nitrogens with two attached hydrogens (primary N) is 1. The fourth-order valence-electron chi connectivity index (χ4n) is 5.25. The SMILES string of the molecule is Cc1ccc([C@@H]2C3=C(CCCC3=O)Nc3sc(C(=O)Nc4ccc(Cl)cc4C(=O)c4ccccc4)c(N)c32)o1. The number of furan rings is 1. The molecule has 7 nitrogen and oxygen atoms in total. The lowest BCUT2D eigenvalue weighted by molar-refractivity contribution is -0.116. The van der Waals surface area contributed by atoms with E-state index in [1.807, 2.05) is 25.1 Å². The zero-order chi connectivity index (χ0) is 27.3. The number of aryl methyl sites for hydroxylation is 1. The number of carbonyl (C=O) groups excluding carboxylic acids is 3. The third kappa shape index (κ3) is 4.45. The van der Waals surface area contributed by atoms with Crippen molar-refractivity contribution in [3.63, 3.8) is 0 Å². The van der Waals surface area contributed by atoms with Gasteiger partial charge >= 0.3 is 0 Å². The number of allylic oxidation sites excluding steroid dienone is 2. The zero-order valence-corrected chi connectivity index (χ0v) is 22.5. The molecule has 1 aliphatic heterocycles. The van der Waals surface area contributed by atoms with Gasteiger partial charge in [0, 0.05) is 39.4 Å². The lowest BCUT2D eigenvalue weighted by Gasteiger charge is -2.31. The van der Waals surface area contributed by atoms with E-state index >= 15 is 0 Å². The van der Waals surface area contributed by atoms with Crippen LogP contribution in [0, 0.1) is 6.92 Å². The minimum atomic E-state index is -0.499. The van der Waals surface area contributed by atoms with Gasteiger partial charge in [-0.3, -0.25) is 14.4 Å². The monoisotopic (exact) mass is 557 g/mol. The zero-order valence-electron chi connectivity index (χ0n) is 21.0.